The number of rotatable bonds is 2. The Labute approximate surface area is 101 Å². The first kappa shape index (κ1) is 10.8. The van der Waals surface area contributed by atoms with Gasteiger partial charge >= 0.3 is 0 Å². The molecule has 2 rings (SSSR count). The van der Waals surface area contributed by atoms with Crippen molar-refractivity contribution in [2.75, 3.05) is 13.4 Å². The number of thioether (sulfide) groups is 1. The third-order valence-corrected chi connectivity index (χ3v) is 3.26. The van der Waals surface area contributed by atoms with Crippen LogP contribution < -0.4 is 4.74 Å². The summed E-state index contributed by atoms with van der Waals surface area (Å²) in [5, 5.41) is 2.01. The molecule has 0 unspecified atom stereocenters. The van der Waals surface area contributed by atoms with Crippen molar-refractivity contribution in [3.05, 3.63) is 28.7 Å². The zero-order chi connectivity index (χ0) is 10.8. The van der Waals surface area contributed by atoms with E-state index in [4.69, 9.17) is 4.74 Å². The molecule has 78 valence electrons. The van der Waals surface area contributed by atoms with Gasteiger partial charge in [-0.05, 0) is 24.5 Å². The van der Waals surface area contributed by atoms with Crippen LogP contribution in [0.4, 0.5) is 0 Å². The maximum absolute atomic E-state index is 5.34. The van der Waals surface area contributed by atoms with Gasteiger partial charge in [0, 0.05) is 15.9 Å². The molecule has 2 aromatic rings. The molecule has 0 aliphatic carbocycles. The summed E-state index contributed by atoms with van der Waals surface area (Å²) in [5.74, 6) is 0.872. The van der Waals surface area contributed by atoms with Crippen molar-refractivity contribution in [3.8, 4) is 5.75 Å². The highest BCUT2D eigenvalue weighted by atomic mass is 79.9. The zero-order valence-electron chi connectivity index (χ0n) is 8.45. The average molecular weight is 284 g/mol. The third kappa shape index (κ3) is 2.11. The van der Waals surface area contributed by atoms with Gasteiger partial charge in [-0.15, -0.1) is 11.8 Å². The second-order valence-corrected chi connectivity index (χ2v) is 4.77. The van der Waals surface area contributed by atoms with Crippen LogP contribution in [-0.2, 0) is 0 Å². The Morgan fingerprint density at radius 3 is 2.80 bits per heavy atom. The maximum atomic E-state index is 5.34. The van der Waals surface area contributed by atoms with Gasteiger partial charge in [0.05, 0.1) is 12.6 Å². The fourth-order valence-electron chi connectivity index (χ4n) is 1.42. The van der Waals surface area contributed by atoms with E-state index >= 15 is 0 Å². The minimum absolute atomic E-state index is 0.872. The molecular weight excluding hydrogens is 274 g/mol. The maximum Gasteiger partial charge on any atom is 0.130 e. The predicted molar refractivity (Wildman–Crippen MR) is 67.8 cm³/mol. The van der Waals surface area contributed by atoms with Crippen LogP contribution in [0.2, 0.25) is 0 Å². The van der Waals surface area contributed by atoms with Crippen LogP contribution in [0.15, 0.2) is 33.8 Å². The Balaban J connectivity index is 2.74. The van der Waals surface area contributed by atoms with Gasteiger partial charge < -0.3 is 4.74 Å². The summed E-state index contributed by atoms with van der Waals surface area (Å²) in [6.45, 7) is 0. The molecule has 0 radical (unpaired) electrons. The predicted octanol–water partition coefficient (Wildman–Crippen LogP) is 3.73. The van der Waals surface area contributed by atoms with Crippen molar-refractivity contribution in [3.63, 3.8) is 0 Å². The van der Waals surface area contributed by atoms with Crippen molar-refractivity contribution >= 4 is 38.6 Å². The lowest BCUT2D eigenvalue weighted by atomic mass is 10.2. The van der Waals surface area contributed by atoms with Gasteiger partial charge in [-0.1, -0.05) is 15.9 Å². The highest BCUT2D eigenvalue weighted by Gasteiger charge is 2.05. The largest absolute Gasteiger partial charge is 0.496 e. The molecule has 4 heteroatoms. The summed E-state index contributed by atoms with van der Waals surface area (Å²) >= 11 is 5.05. The first-order valence-corrected chi connectivity index (χ1v) is 6.44. The number of nitrogens with zero attached hydrogens (tertiary/aromatic N) is 1. The molecule has 15 heavy (non-hydrogen) atoms. The molecule has 0 spiro atoms. The number of pyridine rings is 1. The molecule has 1 aromatic carbocycles. The fourth-order valence-corrected chi connectivity index (χ4v) is 2.18. The molecule has 0 aliphatic rings. The van der Waals surface area contributed by atoms with Crippen molar-refractivity contribution < 1.29 is 4.74 Å². The quantitative estimate of drug-likeness (QED) is 0.784. The Morgan fingerprint density at radius 1 is 1.33 bits per heavy atom. The Morgan fingerprint density at radius 2 is 2.13 bits per heavy atom. The summed E-state index contributed by atoms with van der Waals surface area (Å²) < 4.78 is 6.37. The van der Waals surface area contributed by atoms with Crippen LogP contribution in [0, 0.1) is 0 Å². The van der Waals surface area contributed by atoms with E-state index in [0.29, 0.717) is 0 Å². The Hall–Kier alpha value is -0.740. The number of hydrogen-bond acceptors (Lipinski definition) is 3. The van der Waals surface area contributed by atoms with Crippen LogP contribution in [0.1, 0.15) is 0 Å². The van der Waals surface area contributed by atoms with Gasteiger partial charge in [0.2, 0.25) is 0 Å². The molecule has 0 N–H and O–H groups in total. The number of fused-ring (bicyclic) bond motifs is 1. The van der Waals surface area contributed by atoms with E-state index in [1.165, 1.54) is 0 Å². The normalized spacial score (nSPS) is 10.6. The fraction of sp³-hybridized carbons (Fsp3) is 0.182. The second kappa shape index (κ2) is 4.41. The molecule has 0 bridgehead atoms. The molecule has 2 nitrogen and oxygen atoms in total. The van der Waals surface area contributed by atoms with E-state index in [9.17, 15) is 0 Å². The summed E-state index contributed by atoms with van der Waals surface area (Å²) in [7, 11) is 1.68. The molecule has 0 aliphatic heterocycles. The number of ether oxygens (including phenoxy) is 1. The summed E-state index contributed by atoms with van der Waals surface area (Å²) in [6.07, 6.45) is 2.01. The molecule has 0 saturated carbocycles. The third-order valence-electron chi connectivity index (χ3n) is 2.14. The number of hydrogen-bond donors (Lipinski definition) is 0. The number of benzene rings is 1. The molecule has 0 saturated heterocycles. The van der Waals surface area contributed by atoms with Crippen molar-refractivity contribution in [2.45, 2.75) is 5.03 Å². The van der Waals surface area contributed by atoms with E-state index < -0.39 is 0 Å². The van der Waals surface area contributed by atoms with Gasteiger partial charge in [0.15, 0.2) is 0 Å². The van der Waals surface area contributed by atoms with E-state index in [1.807, 2.05) is 30.5 Å². The van der Waals surface area contributed by atoms with Gasteiger partial charge in [0.25, 0.3) is 0 Å². The summed E-state index contributed by atoms with van der Waals surface area (Å²) in [4.78, 5) is 4.52. The number of aromatic nitrogens is 1. The van der Waals surface area contributed by atoms with Crippen molar-refractivity contribution in [1.29, 1.82) is 0 Å². The average Bonchev–Trinajstić information content (AvgIpc) is 2.26. The highest BCUT2D eigenvalue weighted by molar-refractivity contribution is 9.10. The van der Waals surface area contributed by atoms with Crippen LogP contribution in [-0.4, -0.2) is 18.3 Å². The first-order chi connectivity index (χ1) is 7.24. The number of methoxy groups -OCH3 is 1. The smallest absolute Gasteiger partial charge is 0.130 e. The summed E-state index contributed by atoms with van der Waals surface area (Å²) in [6, 6.07) is 7.96. The highest BCUT2D eigenvalue weighted by Crippen LogP contribution is 2.30. The van der Waals surface area contributed by atoms with Crippen molar-refractivity contribution in [1.82, 2.24) is 4.98 Å². The first-order valence-electron chi connectivity index (χ1n) is 4.43. The van der Waals surface area contributed by atoms with Gasteiger partial charge in [-0.25, -0.2) is 4.98 Å². The minimum atomic E-state index is 0.872. The number of halogens is 1. The van der Waals surface area contributed by atoms with E-state index in [2.05, 4.69) is 20.9 Å². The monoisotopic (exact) mass is 283 g/mol. The zero-order valence-corrected chi connectivity index (χ0v) is 10.9. The van der Waals surface area contributed by atoms with Crippen LogP contribution >= 0.6 is 27.7 Å². The lowest BCUT2D eigenvalue weighted by Gasteiger charge is -2.07. The SMILES string of the molecule is COc1cc(SC)nc2cc(Br)ccc12. The lowest BCUT2D eigenvalue weighted by molar-refractivity contribution is 0.418. The van der Waals surface area contributed by atoms with Gasteiger partial charge in [-0.3, -0.25) is 0 Å². The van der Waals surface area contributed by atoms with E-state index in [0.717, 1.165) is 26.2 Å². The topological polar surface area (TPSA) is 22.1 Å². The van der Waals surface area contributed by atoms with Gasteiger partial charge in [0.1, 0.15) is 10.8 Å². The lowest BCUT2D eigenvalue weighted by Crippen LogP contribution is -1.89. The van der Waals surface area contributed by atoms with E-state index in [-0.39, 0.29) is 0 Å². The Kier molecular flexibility index (Phi) is 3.17. The molecule has 0 fully saturated rings. The summed E-state index contributed by atoms with van der Waals surface area (Å²) in [5.41, 5.74) is 0.952. The van der Waals surface area contributed by atoms with Gasteiger partial charge in [-0.2, -0.15) is 0 Å². The van der Waals surface area contributed by atoms with E-state index in [1.54, 1.807) is 18.9 Å². The van der Waals surface area contributed by atoms with Crippen LogP contribution in [0.5, 0.6) is 5.75 Å². The molecular formula is C11H10BrNOS. The van der Waals surface area contributed by atoms with Crippen molar-refractivity contribution in [2.24, 2.45) is 0 Å². The molecule has 1 heterocycles. The Bertz CT molecular complexity index is 501. The molecule has 0 atom stereocenters. The van der Waals surface area contributed by atoms with Crippen LogP contribution in [0.25, 0.3) is 10.9 Å². The second-order valence-electron chi connectivity index (χ2n) is 3.03. The standard InChI is InChI=1S/C11H10BrNOS/c1-14-10-6-11(15-2)13-9-5-7(12)3-4-8(9)10/h3-6H,1-2H3. The minimum Gasteiger partial charge on any atom is -0.496 e. The molecule has 0 amide bonds. The van der Waals surface area contributed by atoms with Crippen LogP contribution in [0.3, 0.4) is 0 Å². The molecule has 1 aromatic heterocycles.